The first-order valence-corrected chi connectivity index (χ1v) is 22.5. The number of aliphatic hydroxyl groups excluding tert-OH is 3. The van der Waals surface area contributed by atoms with Crippen molar-refractivity contribution in [2.75, 3.05) is 6.61 Å². The highest BCUT2D eigenvalue weighted by Gasteiger charge is 2.22. The predicted molar refractivity (Wildman–Crippen MR) is 218 cm³/mol. The fourth-order valence-electron chi connectivity index (χ4n) is 7.07. The first kappa shape index (κ1) is 49.1. The molecular weight excluding hydrogens is 618 g/mol. The van der Waals surface area contributed by atoms with Crippen LogP contribution >= 0.6 is 0 Å². The number of aliphatic hydroxyl groups is 3. The van der Waals surface area contributed by atoms with Gasteiger partial charge in [-0.2, -0.15) is 0 Å². The summed E-state index contributed by atoms with van der Waals surface area (Å²) in [6, 6.07) is -0.792. The molecule has 3 atom stereocenters. The van der Waals surface area contributed by atoms with Crippen molar-refractivity contribution >= 4 is 5.91 Å². The Morgan fingerprint density at radius 1 is 0.480 bits per heavy atom. The van der Waals surface area contributed by atoms with Crippen LogP contribution in [0.4, 0.5) is 0 Å². The van der Waals surface area contributed by atoms with E-state index >= 15 is 0 Å². The van der Waals surface area contributed by atoms with Crippen LogP contribution in [-0.2, 0) is 4.79 Å². The molecule has 0 radical (unpaired) electrons. The zero-order valence-electron chi connectivity index (χ0n) is 33.8. The van der Waals surface area contributed by atoms with Gasteiger partial charge in [0.1, 0.15) is 6.10 Å². The maximum absolute atomic E-state index is 12.4. The summed E-state index contributed by atoms with van der Waals surface area (Å²) in [5, 5.41) is 33.1. The van der Waals surface area contributed by atoms with E-state index in [2.05, 4.69) is 19.2 Å². The molecule has 4 N–H and O–H groups in total. The Labute approximate surface area is 312 Å². The average Bonchev–Trinajstić information content (AvgIpc) is 3.12. The number of unbranched alkanes of at least 4 members (excludes halogenated alkanes) is 33. The lowest BCUT2D eigenvalue weighted by Gasteiger charge is -2.21. The lowest BCUT2D eigenvalue weighted by Crippen LogP contribution is -2.48. The molecule has 0 spiro atoms. The summed E-state index contributed by atoms with van der Waals surface area (Å²) in [4.78, 5) is 12.4. The van der Waals surface area contributed by atoms with E-state index in [-0.39, 0.29) is 6.61 Å². The van der Waals surface area contributed by atoms with Gasteiger partial charge in [-0.25, -0.2) is 0 Å². The van der Waals surface area contributed by atoms with Gasteiger partial charge in [-0.3, -0.25) is 4.79 Å². The monoisotopic (exact) mass is 708 g/mol. The molecule has 0 aliphatic carbocycles. The third-order valence-electron chi connectivity index (χ3n) is 10.6. The molecule has 50 heavy (non-hydrogen) atoms. The molecular formula is C45H89NO4. The van der Waals surface area contributed by atoms with Crippen molar-refractivity contribution in [2.24, 2.45) is 0 Å². The smallest absolute Gasteiger partial charge is 0.249 e. The number of nitrogens with one attached hydrogen (secondary N) is 1. The Morgan fingerprint density at radius 3 is 1.10 bits per heavy atom. The van der Waals surface area contributed by atoms with E-state index in [9.17, 15) is 20.1 Å². The molecule has 0 aromatic carbocycles. The van der Waals surface area contributed by atoms with Gasteiger partial charge in [0, 0.05) is 0 Å². The summed E-state index contributed by atoms with van der Waals surface area (Å²) in [6.07, 6.45) is 48.2. The van der Waals surface area contributed by atoms with Gasteiger partial charge >= 0.3 is 0 Å². The van der Waals surface area contributed by atoms with E-state index in [0.29, 0.717) is 6.42 Å². The lowest BCUT2D eigenvalue weighted by atomic mass is 10.0. The van der Waals surface area contributed by atoms with Crippen LogP contribution in [0, 0.1) is 0 Å². The van der Waals surface area contributed by atoms with Gasteiger partial charge in [0.25, 0.3) is 0 Å². The second-order valence-electron chi connectivity index (χ2n) is 15.6. The van der Waals surface area contributed by atoms with Gasteiger partial charge in [0.15, 0.2) is 0 Å². The molecule has 0 aliphatic rings. The molecule has 0 aromatic rings. The van der Waals surface area contributed by atoms with Crippen LogP contribution in [0.15, 0.2) is 12.2 Å². The van der Waals surface area contributed by atoms with Crippen molar-refractivity contribution < 1.29 is 20.1 Å². The molecule has 0 bridgehead atoms. The van der Waals surface area contributed by atoms with Crippen molar-refractivity contribution in [2.45, 2.75) is 263 Å². The number of carbonyl (C=O) groups is 1. The zero-order valence-corrected chi connectivity index (χ0v) is 33.8. The number of rotatable bonds is 41. The maximum atomic E-state index is 12.4. The molecule has 5 heteroatoms. The Kier molecular flexibility index (Phi) is 40.1. The van der Waals surface area contributed by atoms with Crippen LogP contribution in [0.5, 0.6) is 0 Å². The SMILES string of the molecule is CCCCCCCCCCCCCCCCCCCCCC/C=C/C(O)C(CO)NC(=O)C(O)CCCCCCCCCCCCCCCC. The van der Waals surface area contributed by atoms with E-state index in [4.69, 9.17) is 0 Å². The summed E-state index contributed by atoms with van der Waals surface area (Å²) >= 11 is 0. The molecule has 0 heterocycles. The van der Waals surface area contributed by atoms with Crippen molar-refractivity contribution in [3.63, 3.8) is 0 Å². The van der Waals surface area contributed by atoms with Crippen molar-refractivity contribution in [1.82, 2.24) is 5.32 Å². The van der Waals surface area contributed by atoms with Gasteiger partial charge in [-0.15, -0.1) is 0 Å². The standard InChI is InChI=1S/C45H89NO4/c1-3-5-7-9-11-13-15-17-19-20-21-22-23-24-25-26-28-29-31-33-35-37-39-43(48)42(41-47)46-45(50)44(49)40-38-36-34-32-30-27-18-16-14-12-10-8-6-4-2/h37,39,42-44,47-49H,3-36,38,40-41H2,1-2H3,(H,46,50)/b39-37+. The minimum Gasteiger partial charge on any atom is -0.394 e. The number of carbonyl (C=O) groups excluding carboxylic acids is 1. The highest BCUT2D eigenvalue weighted by molar-refractivity contribution is 5.80. The molecule has 0 aromatic heterocycles. The van der Waals surface area contributed by atoms with E-state index in [1.165, 1.54) is 193 Å². The fourth-order valence-corrected chi connectivity index (χ4v) is 7.07. The molecule has 298 valence electrons. The number of hydrogen-bond donors (Lipinski definition) is 4. The van der Waals surface area contributed by atoms with Crippen LogP contribution in [-0.4, -0.2) is 46.1 Å². The van der Waals surface area contributed by atoms with Gasteiger partial charge in [-0.05, 0) is 19.3 Å². The second kappa shape index (κ2) is 40.9. The van der Waals surface area contributed by atoms with Crippen LogP contribution < -0.4 is 5.32 Å². The maximum Gasteiger partial charge on any atom is 0.249 e. The van der Waals surface area contributed by atoms with Crippen molar-refractivity contribution in [3.8, 4) is 0 Å². The summed E-state index contributed by atoms with van der Waals surface area (Å²) < 4.78 is 0. The van der Waals surface area contributed by atoms with Crippen LogP contribution in [0.2, 0.25) is 0 Å². The van der Waals surface area contributed by atoms with Crippen LogP contribution in [0.25, 0.3) is 0 Å². The molecule has 0 rings (SSSR count). The normalized spacial score (nSPS) is 13.6. The largest absolute Gasteiger partial charge is 0.394 e. The summed E-state index contributed by atoms with van der Waals surface area (Å²) in [5.74, 6) is -0.500. The average molecular weight is 708 g/mol. The van der Waals surface area contributed by atoms with Crippen molar-refractivity contribution in [3.05, 3.63) is 12.2 Å². The van der Waals surface area contributed by atoms with Gasteiger partial charge in [0.05, 0.1) is 18.8 Å². The Hall–Kier alpha value is -0.910. The summed E-state index contributed by atoms with van der Waals surface area (Å²) in [5.41, 5.74) is 0. The third kappa shape index (κ3) is 35.5. The highest BCUT2D eigenvalue weighted by Crippen LogP contribution is 2.16. The minimum atomic E-state index is -1.09. The Morgan fingerprint density at radius 2 is 0.780 bits per heavy atom. The Bertz CT molecular complexity index is 699. The molecule has 0 fully saturated rings. The molecule has 0 saturated carbocycles. The zero-order chi connectivity index (χ0) is 36.6. The number of hydrogen-bond acceptors (Lipinski definition) is 4. The molecule has 1 amide bonds. The summed E-state index contributed by atoms with van der Waals surface area (Å²) in [6.45, 7) is 4.19. The van der Waals surface area contributed by atoms with Gasteiger partial charge in [-0.1, -0.05) is 238 Å². The topological polar surface area (TPSA) is 89.8 Å². The van der Waals surface area contributed by atoms with Crippen LogP contribution in [0.1, 0.15) is 245 Å². The number of allylic oxidation sites excluding steroid dienone is 1. The van der Waals surface area contributed by atoms with Gasteiger partial charge in [0.2, 0.25) is 5.91 Å². The van der Waals surface area contributed by atoms with E-state index in [0.717, 1.165) is 32.1 Å². The first-order valence-electron chi connectivity index (χ1n) is 22.5. The predicted octanol–water partition coefficient (Wildman–Crippen LogP) is 12.8. The fraction of sp³-hybridized carbons (Fsp3) is 0.933. The number of amides is 1. The Balaban J connectivity index is 3.62. The van der Waals surface area contributed by atoms with Crippen molar-refractivity contribution in [1.29, 1.82) is 0 Å². The van der Waals surface area contributed by atoms with Gasteiger partial charge < -0.3 is 20.6 Å². The van der Waals surface area contributed by atoms with E-state index in [1.54, 1.807) is 6.08 Å². The quantitative estimate of drug-likeness (QED) is 0.0376. The highest BCUT2D eigenvalue weighted by atomic mass is 16.3. The summed E-state index contributed by atoms with van der Waals surface area (Å²) in [7, 11) is 0. The second-order valence-corrected chi connectivity index (χ2v) is 15.6. The molecule has 0 aliphatic heterocycles. The molecule has 5 nitrogen and oxygen atoms in total. The molecule has 3 unspecified atom stereocenters. The lowest BCUT2D eigenvalue weighted by molar-refractivity contribution is -0.131. The van der Waals surface area contributed by atoms with Crippen LogP contribution in [0.3, 0.4) is 0 Å². The first-order chi connectivity index (χ1) is 24.6. The molecule has 0 saturated heterocycles. The van der Waals surface area contributed by atoms with E-state index < -0.39 is 24.2 Å². The van der Waals surface area contributed by atoms with E-state index in [1.807, 2.05) is 6.08 Å². The third-order valence-corrected chi connectivity index (χ3v) is 10.6. The minimum absolute atomic E-state index is 0.359.